The van der Waals surface area contributed by atoms with E-state index in [1.165, 1.54) is 12.1 Å². The maximum Gasteiger partial charge on any atom is 0.160 e. The van der Waals surface area contributed by atoms with Crippen LogP contribution in [0, 0.1) is 5.41 Å². The summed E-state index contributed by atoms with van der Waals surface area (Å²) in [6, 6.07) is 0.217. The number of aromatic nitrogens is 2. The first-order valence-electron chi connectivity index (χ1n) is 6.84. The van der Waals surface area contributed by atoms with Crippen molar-refractivity contribution in [2.45, 2.75) is 58.5 Å². The van der Waals surface area contributed by atoms with E-state index in [9.17, 15) is 0 Å². The van der Waals surface area contributed by atoms with Crippen molar-refractivity contribution in [2.24, 2.45) is 11.1 Å². The van der Waals surface area contributed by atoms with Gasteiger partial charge in [-0.2, -0.15) is 5.10 Å². The van der Waals surface area contributed by atoms with Crippen LogP contribution >= 0.6 is 0 Å². The molecule has 1 aliphatic rings. The highest BCUT2D eigenvalue weighted by atomic mass is 16.5. The smallest absolute Gasteiger partial charge is 0.160 e. The van der Waals surface area contributed by atoms with Crippen molar-refractivity contribution in [1.82, 2.24) is 9.78 Å². The zero-order chi connectivity index (χ0) is 13.3. The van der Waals surface area contributed by atoms with Crippen LogP contribution in [0.5, 0.6) is 5.75 Å². The molecule has 1 heterocycles. The van der Waals surface area contributed by atoms with Crippen LogP contribution in [0.15, 0.2) is 6.20 Å². The normalized spacial score (nSPS) is 27.2. The molecule has 0 radical (unpaired) electrons. The number of hydrogen-bond acceptors (Lipinski definition) is 3. The maximum atomic E-state index is 6.34. The van der Waals surface area contributed by atoms with E-state index >= 15 is 0 Å². The third-order valence-electron chi connectivity index (χ3n) is 4.16. The minimum absolute atomic E-state index is 0.217. The molecular weight excluding hydrogens is 226 g/mol. The highest BCUT2D eigenvalue weighted by molar-refractivity contribution is 5.30. The molecule has 0 aromatic carbocycles. The molecule has 2 unspecified atom stereocenters. The average Bonchev–Trinajstić information content (AvgIpc) is 2.75. The van der Waals surface area contributed by atoms with E-state index in [-0.39, 0.29) is 6.04 Å². The standard InChI is InChI=1S/C14H25N3O/c1-5-17-13(12(18-4)9-16-17)10-8-14(2,3)7-6-11(10)15/h9-11H,5-8,15H2,1-4H3. The van der Waals surface area contributed by atoms with E-state index < -0.39 is 0 Å². The first-order chi connectivity index (χ1) is 8.48. The minimum Gasteiger partial charge on any atom is -0.493 e. The summed E-state index contributed by atoms with van der Waals surface area (Å²) in [7, 11) is 1.71. The van der Waals surface area contributed by atoms with Gasteiger partial charge in [0.1, 0.15) is 0 Å². The lowest BCUT2D eigenvalue weighted by Crippen LogP contribution is -2.38. The van der Waals surface area contributed by atoms with Crippen LogP contribution in [0.4, 0.5) is 0 Å². The molecule has 102 valence electrons. The van der Waals surface area contributed by atoms with Gasteiger partial charge in [0.05, 0.1) is 19.0 Å². The van der Waals surface area contributed by atoms with Crippen LogP contribution in [0.1, 0.15) is 51.6 Å². The van der Waals surface area contributed by atoms with Gasteiger partial charge in [0.15, 0.2) is 5.75 Å². The molecule has 0 aliphatic heterocycles. The van der Waals surface area contributed by atoms with Crippen molar-refractivity contribution in [3.05, 3.63) is 11.9 Å². The molecule has 1 aliphatic carbocycles. The molecule has 0 saturated heterocycles. The zero-order valence-electron chi connectivity index (χ0n) is 11.9. The number of ether oxygens (including phenoxy) is 1. The molecule has 0 bridgehead atoms. The highest BCUT2D eigenvalue weighted by Crippen LogP contribution is 2.44. The van der Waals surface area contributed by atoms with E-state index in [4.69, 9.17) is 10.5 Å². The van der Waals surface area contributed by atoms with Crippen molar-refractivity contribution in [1.29, 1.82) is 0 Å². The monoisotopic (exact) mass is 251 g/mol. The fraction of sp³-hybridized carbons (Fsp3) is 0.786. The number of hydrogen-bond donors (Lipinski definition) is 1. The van der Waals surface area contributed by atoms with Crippen molar-refractivity contribution < 1.29 is 4.74 Å². The average molecular weight is 251 g/mol. The second kappa shape index (κ2) is 4.92. The lowest BCUT2D eigenvalue weighted by molar-refractivity contribution is 0.191. The Morgan fingerprint density at radius 1 is 1.56 bits per heavy atom. The van der Waals surface area contributed by atoms with Gasteiger partial charge in [-0.1, -0.05) is 13.8 Å². The Morgan fingerprint density at radius 3 is 2.89 bits per heavy atom. The predicted octanol–water partition coefficient (Wildman–Crippen LogP) is 2.53. The third kappa shape index (κ3) is 2.39. The van der Waals surface area contributed by atoms with Crippen molar-refractivity contribution in [2.75, 3.05) is 7.11 Å². The molecule has 2 rings (SSSR count). The Balaban J connectivity index is 2.36. The molecule has 0 amide bonds. The van der Waals surface area contributed by atoms with Gasteiger partial charge in [-0.3, -0.25) is 4.68 Å². The first kappa shape index (κ1) is 13.4. The van der Waals surface area contributed by atoms with Crippen LogP contribution in [0.25, 0.3) is 0 Å². The number of nitrogens with two attached hydrogens (primary N) is 1. The van der Waals surface area contributed by atoms with Gasteiger partial charge < -0.3 is 10.5 Å². The van der Waals surface area contributed by atoms with Gasteiger partial charge in [0, 0.05) is 18.5 Å². The summed E-state index contributed by atoms with van der Waals surface area (Å²) in [5.74, 6) is 1.24. The van der Waals surface area contributed by atoms with E-state index in [0.717, 1.165) is 25.1 Å². The Labute approximate surface area is 110 Å². The van der Waals surface area contributed by atoms with Gasteiger partial charge in [-0.05, 0) is 31.6 Å². The zero-order valence-corrected chi connectivity index (χ0v) is 11.9. The van der Waals surface area contributed by atoms with Crippen molar-refractivity contribution in [3.8, 4) is 5.75 Å². The highest BCUT2D eigenvalue weighted by Gasteiger charge is 2.37. The number of nitrogens with zero attached hydrogens (tertiary/aromatic N) is 2. The third-order valence-corrected chi connectivity index (χ3v) is 4.16. The molecule has 1 fully saturated rings. The van der Waals surface area contributed by atoms with Gasteiger partial charge in [0.2, 0.25) is 0 Å². The Kier molecular flexibility index (Phi) is 3.66. The van der Waals surface area contributed by atoms with Crippen LogP contribution in [-0.4, -0.2) is 22.9 Å². The summed E-state index contributed by atoms with van der Waals surface area (Å²) in [5.41, 5.74) is 7.88. The minimum atomic E-state index is 0.217. The second-order valence-electron chi connectivity index (χ2n) is 6.09. The van der Waals surface area contributed by atoms with E-state index in [1.54, 1.807) is 7.11 Å². The van der Waals surface area contributed by atoms with Gasteiger partial charge >= 0.3 is 0 Å². The number of methoxy groups -OCH3 is 1. The molecule has 1 aromatic heterocycles. The topological polar surface area (TPSA) is 53.1 Å². The van der Waals surface area contributed by atoms with Crippen LogP contribution in [-0.2, 0) is 6.54 Å². The van der Waals surface area contributed by atoms with Gasteiger partial charge in [-0.25, -0.2) is 0 Å². The first-order valence-corrected chi connectivity index (χ1v) is 6.84. The lowest BCUT2D eigenvalue weighted by atomic mass is 9.69. The number of aryl methyl sites for hydroxylation is 1. The van der Waals surface area contributed by atoms with Crippen molar-refractivity contribution in [3.63, 3.8) is 0 Å². The Bertz CT molecular complexity index is 390. The van der Waals surface area contributed by atoms with E-state index in [2.05, 4.69) is 25.9 Å². The summed E-state index contributed by atoms with van der Waals surface area (Å²) in [6.07, 6.45) is 5.20. The van der Waals surface area contributed by atoms with Crippen LogP contribution < -0.4 is 10.5 Å². The summed E-state index contributed by atoms with van der Waals surface area (Å²) in [6.45, 7) is 7.62. The van der Waals surface area contributed by atoms with Crippen LogP contribution in [0.2, 0.25) is 0 Å². The molecule has 2 atom stereocenters. The maximum absolute atomic E-state index is 6.34. The Hall–Kier alpha value is -1.03. The van der Waals surface area contributed by atoms with Crippen molar-refractivity contribution >= 4 is 0 Å². The molecule has 18 heavy (non-hydrogen) atoms. The van der Waals surface area contributed by atoms with Crippen LogP contribution in [0.3, 0.4) is 0 Å². The van der Waals surface area contributed by atoms with Gasteiger partial charge in [0.25, 0.3) is 0 Å². The largest absolute Gasteiger partial charge is 0.493 e. The quantitative estimate of drug-likeness (QED) is 0.898. The van der Waals surface area contributed by atoms with Gasteiger partial charge in [-0.15, -0.1) is 0 Å². The van der Waals surface area contributed by atoms with E-state index in [1.807, 2.05) is 10.9 Å². The summed E-state index contributed by atoms with van der Waals surface area (Å²) in [5, 5.41) is 4.40. The number of rotatable bonds is 3. The second-order valence-corrected chi connectivity index (χ2v) is 6.09. The molecule has 0 spiro atoms. The summed E-state index contributed by atoms with van der Waals surface area (Å²) >= 11 is 0. The predicted molar refractivity (Wildman–Crippen MR) is 72.8 cm³/mol. The fourth-order valence-corrected chi connectivity index (χ4v) is 3.07. The SMILES string of the molecule is CCn1ncc(OC)c1C1CC(C)(C)CCC1N. The summed E-state index contributed by atoms with van der Waals surface area (Å²) < 4.78 is 7.49. The van der Waals surface area contributed by atoms with E-state index in [0.29, 0.717) is 11.3 Å². The molecular formula is C14H25N3O. The lowest BCUT2D eigenvalue weighted by Gasteiger charge is -2.39. The summed E-state index contributed by atoms with van der Waals surface area (Å²) in [4.78, 5) is 0. The fourth-order valence-electron chi connectivity index (χ4n) is 3.07. The molecule has 1 aromatic rings. The Morgan fingerprint density at radius 2 is 2.28 bits per heavy atom. The molecule has 1 saturated carbocycles. The molecule has 4 heteroatoms. The molecule has 2 N–H and O–H groups in total. The molecule has 4 nitrogen and oxygen atoms in total.